The highest BCUT2D eigenvalue weighted by molar-refractivity contribution is 6.30. The largest absolute Gasteiger partial charge is 0.479 e. The molecular formula is C30H34ClN5O3. The molecule has 6 rings (SSSR count). The van der Waals surface area contributed by atoms with Gasteiger partial charge in [0.05, 0.1) is 23.9 Å². The fraction of sp³-hybridized carbons (Fsp3) is 0.467. The maximum absolute atomic E-state index is 13.5. The Labute approximate surface area is 233 Å². The molecule has 2 amide bonds. The van der Waals surface area contributed by atoms with E-state index in [1.807, 2.05) is 12.1 Å². The number of ether oxygens (including phenoxy) is 1. The molecule has 4 fully saturated rings. The zero-order valence-corrected chi connectivity index (χ0v) is 22.8. The monoisotopic (exact) mass is 547 g/mol. The summed E-state index contributed by atoms with van der Waals surface area (Å²) >= 11 is 6.01. The minimum absolute atomic E-state index is 0.00987. The number of nitrogens with two attached hydrogens (primary N) is 2. The second-order valence-corrected chi connectivity index (χ2v) is 12.1. The summed E-state index contributed by atoms with van der Waals surface area (Å²) in [4.78, 5) is 29.9. The van der Waals surface area contributed by atoms with Crippen LogP contribution in [-0.4, -0.2) is 29.3 Å². The molecular weight excluding hydrogens is 514 g/mol. The Kier molecular flexibility index (Phi) is 7.30. The Morgan fingerprint density at radius 3 is 2.33 bits per heavy atom. The van der Waals surface area contributed by atoms with Crippen LogP contribution in [0, 0.1) is 34.5 Å². The molecule has 8 nitrogen and oxygen atoms in total. The van der Waals surface area contributed by atoms with Crippen LogP contribution in [0.1, 0.15) is 61.4 Å². The van der Waals surface area contributed by atoms with Gasteiger partial charge in [0.25, 0.3) is 0 Å². The number of nitrogens with zero attached hydrogens (tertiary/aromatic N) is 2. The zero-order chi connectivity index (χ0) is 27.8. The second kappa shape index (κ2) is 10.5. The van der Waals surface area contributed by atoms with Gasteiger partial charge >= 0.3 is 0 Å². The van der Waals surface area contributed by atoms with Crippen molar-refractivity contribution in [3.8, 4) is 11.8 Å². The summed E-state index contributed by atoms with van der Waals surface area (Å²) in [5, 5.41) is 13.3. The molecule has 39 heavy (non-hydrogen) atoms. The highest BCUT2D eigenvalue weighted by Gasteiger charge is 2.58. The Bertz CT molecular complexity index is 1300. The number of nitrogens with one attached hydrogen (secondary N) is 1. The molecule has 0 aliphatic heterocycles. The summed E-state index contributed by atoms with van der Waals surface area (Å²) < 4.78 is 6.18. The molecule has 0 radical (unpaired) electrons. The average molecular weight is 548 g/mol. The third kappa shape index (κ3) is 5.46. The molecule has 4 aliphatic carbocycles. The number of amides is 2. The minimum atomic E-state index is -1.07. The van der Waals surface area contributed by atoms with Crippen molar-refractivity contribution in [3.05, 3.63) is 64.7 Å². The van der Waals surface area contributed by atoms with E-state index in [1.165, 1.54) is 0 Å². The highest BCUT2D eigenvalue weighted by atomic mass is 35.5. The van der Waals surface area contributed by atoms with Crippen LogP contribution in [0.3, 0.4) is 0 Å². The van der Waals surface area contributed by atoms with Crippen LogP contribution in [0.4, 0.5) is 0 Å². The molecule has 4 bridgehead atoms. The number of aliphatic imine (C=N–C) groups is 1. The molecule has 3 atom stereocenters. The van der Waals surface area contributed by atoms with E-state index in [4.69, 9.17) is 32.8 Å². The van der Waals surface area contributed by atoms with Gasteiger partial charge in [-0.1, -0.05) is 23.7 Å². The third-order valence-electron chi connectivity index (χ3n) is 8.80. The SMILES string of the molecule is CC(CC#N)(Oc1ccc(Cl)cc1)C(N)=NC1C2CC3CC1CC(C(=O)NCc1ccc(C(N)=O)cc1)(C3)C2. The van der Waals surface area contributed by atoms with Gasteiger partial charge in [0.2, 0.25) is 11.8 Å². The smallest absolute Gasteiger partial charge is 0.248 e. The third-order valence-corrected chi connectivity index (χ3v) is 9.05. The van der Waals surface area contributed by atoms with Gasteiger partial charge in [-0.05, 0) is 98.7 Å². The van der Waals surface area contributed by atoms with Crippen LogP contribution >= 0.6 is 11.6 Å². The van der Waals surface area contributed by atoms with E-state index >= 15 is 0 Å². The maximum Gasteiger partial charge on any atom is 0.248 e. The molecule has 3 unspecified atom stereocenters. The van der Waals surface area contributed by atoms with Crippen LogP contribution in [-0.2, 0) is 11.3 Å². The highest BCUT2D eigenvalue weighted by Crippen LogP contribution is 2.61. The normalized spacial score (nSPS) is 28.8. The first-order valence-corrected chi connectivity index (χ1v) is 13.8. The summed E-state index contributed by atoms with van der Waals surface area (Å²) in [5.74, 6) is 1.54. The van der Waals surface area contributed by atoms with E-state index in [2.05, 4.69) is 11.4 Å². The Balaban J connectivity index is 1.29. The predicted molar refractivity (Wildman–Crippen MR) is 149 cm³/mol. The number of benzene rings is 2. The molecule has 0 heterocycles. The van der Waals surface area contributed by atoms with Crippen LogP contribution < -0.4 is 21.5 Å². The molecule has 0 aromatic heterocycles. The lowest BCUT2D eigenvalue weighted by Gasteiger charge is -2.58. The molecule has 0 spiro atoms. The van der Waals surface area contributed by atoms with E-state index < -0.39 is 11.5 Å². The Morgan fingerprint density at radius 1 is 1.10 bits per heavy atom. The van der Waals surface area contributed by atoms with Crippen molar-refractivity contribution in [1.29, 1.82) is 5.26 Å². The lowest BCUT2D eigenvalue weighted by Crippen LogP contribution is -2.58. The number of nitriles is 1. The molecule has 9 heteroatoms. The van der Waals surface area contributed by atoms with Crippen molar-refractivity contribution in [2.75, 3.05) is 0 Å². The van der Waals surface area contributed by atoms with Crippen molar-refractivity contribution < 1.29 is 14.3 Å². The van der Waals surface area contributed by atoms with E-state index in [0.29, 0.717) is 34.6 Å². The quantitative estimate of drug-likeness (QED) is 0.315. The van der Waals surface area contributed by atoms with Gasteiger partial charge in [-0.25, -0.2) is 0 Å². The average Bonchev–Trinajstić information content (AvgIpc) is 2.90. The van der Waals surface area contributed by atoms with E-state index in [-0.39, 0.29) is 35.6 Å². The first-order valence-electron chi connectivity index (χ1n) is 13.4. The number of carbonyl (C=O) groups excluding carboxylic acids is 2. The fourth-order valence-electron chi connectivity index (χ4n) is 7.03. The summed E-state index contributed by atoms with van der Waals surface area (Å²) in [6, 6.07) is 16.2. The summed E-state index contributed by atoms with van der Waals surface area (Å²) in [6.45, 7) is 2.20. The van der Waals surface area contributed by atoms with Gasteiger partial charge < -0.3 is 21.5 Å². The van der Waals surface area contributed by atoms with E-state index in [9.17, 15) is 14.9 Å². The Morgan fingerprint density at radius 2 is 1.74 bits per heavy atom. The predicted octanol–water partition coefficient (Wildman–Crippen LogP) is 4.36. The number of halogens is 1. The van der Waals surface area contributed by atoms with Gasteiger partial charge in [0.1, 0.15) is 11.6 Å². The van der Waals surface area contributed by atoms with Gasteiger partial charge in [-0.3, -0.25) is 14.6 Å². The number of hydrogen-bond acceptors (Lipinski definition) is 5. The molecule has 5 N–H and O–H groups in total. The molecule has 4 saturated carbocycles. The van der Waals surface area contributed by atoms with Crippen molar-refractivity contribution in [2.24, 2.45) is 39.6 Å². The zero-order valence-electron chi connectivity index (χ0n) is 22.0. The second-order valence-electron chi connectivity index (χ2n) is 11.6. The van der Waals surface area contributed by atoms with Crippen molar-refractivity contribution >= 4 is 29.3 Å². The van der Waals surface area contributed by atoms with Crippen LogP contribution in [0.25, 0.3) is 0 Å². The van der Waals surface area contributed by atoms with Gasteiger partial charge in [0, 0.05) is 17.1 Å². The molecule has 2 aromatic carbocycles. The van der Waals surface area contributed by atoms with Crippen LogP contribution in [0.5, 0.6) is 5.75 Å². The minimum Gasteiger partial charge on any atom is -0.479 e. The number of carbonyl (C=O) groups is 2. The van der Waals surface area contributed by atoms with Crippen molar-refractivity contribution in [1.82, 2.24) is 5.32 Å². The van der Waals surface area contributed by atoms with Crippen LogP contribution in [0.2, 0.25) is 5.02 Å². The molecule has 2 aromatic rings. The van der Waals surface area contributed by atoms with Gasteiger partial charge in [-0.2, -0.15) is 5.26 Å². The van der Waals surface area contributed by atoms with E-state index in [1.54, 1.807) is 43.3 Å². The van der Waals surface area contributed by atoms with Gasteiger partial charge in [0.15, 0.2) is 5.60 Å². The van der Waals surface area contributed by atoms with Crippen molar-refractivity contribution in [3.63, 3.8) is 0 Å². The topological polar surface area (TPSA) is 144 Å². The number of amidine groups is 1. The lowest BCUT2D eigenvalue weighted by molar-refractivity contribution is -0.148. The summed E-state index contributed by atoms with van der Waals surface area (Å²) in [6.07, 6.45) is 4.59. The number of rotatable bonds is 9. The summed E-state index contributed by atoms with van der Waals surface area (Å²) in [7, 11) is 0. The first kappa shape index (κ1) is 27.0. The lowest BCUT2D eigenvalue weighted by atomic mass is 9.47. The van der Waals surface area contributed by atoms with Gasteiger partial charge in [-0.15, -0.1) is 0 Å². The fourth-order valence-corrected chi connectivity index (χ4v) is 7.16. The van der Waals surface area contributed by atoms with Crippen molar-refractivity contribution in [2.45, 2.75) is 63.6 Å². The number of primary amides is 1. The molecule has 204 valence electrons. The summed E-state index contributed by atoms with van der Waals surface area (Å²) in [5.41, 5.74) is 11.8. The van der Waals surface area contributed by atoms with E-state index in [0.717, 1.165) is 37.7 Å². The Hall–Kier alpha value is -3.57. The molecule has 4 aliphatic rings. The molecule has 0 saturated heterocycles. The number of hydrogen-bond donors (Lipinski definition) is 3. The maximum atomic E-state index is 13.5. The van der Waals surface area contributed by atoms with Crippen LogP contribution in [0.15, 0.2) is 53.5 Å². The first-order chi connectivity index (χ1) is 18.6. The standard InChI is InChI=1S/C30H34ClN5O3/c1-29(10-11-32,39-24-8-6-23(31)7-9-24)27(34)36-25-21-12-19-13-22(25)16-30(14-19,15-21)28(38)35-17-18-2-4-20(5-3-18)26(33)37/h2-9,19,21-22,25H,10,12-17H2,1H3,(H2,33,37)(H2,34,36)(H,35,38).